The number of alkyl halides is 3. The van der Waals surface area contributed by atoms with Crippen molar-refractivity contribution in [3.05, 3.63) is 24.8 Å². The molecule has 0 aliphatic carbocycles. The lowest BCUT2D eigenvalue weighted by atomic mass is 10.0. The largest absolute Gasteiger partial charge is 0.492 e. The molecule has 2 aliphatic rings. The molecule has 198 valence electrons. The first-order valence-corrected chi connectivity index (χ1v) is 13.9. The van der Waals surface area contributed by atoms with E-state index in [1.165, 1.54) is 6.07 Å². The minimum absolute atomic E-state index is 0.00250. The van der Waals surface area contributed by atoms with Gasteiger partial charge in [0.1, 0.15) is 5.75 Å². The van der Waals surface area contributed by atoms with Crippen LogP contribution in [0.4, 0.5) is 13.2 Å². The van der Waals surface area contributed by atoms with Crippen LogP contribution in [0, 0.1) is 7.14 Å². The van der Waals surface area contributed by atoms with E-state index in [2.05, 4.69) is 10.2 Å². The number of benzene rings is 1. The summed E-state index contributed by atoms with van der Waals surface area (Å²) in [6.45, 7) is 0.410. The molecule has 8 nitrogen and oxygen atoms in total. The highest BCUT2D eigenvalue weighted by molar-refractivity contribution is 14.1. The molecule has 36 heavy (non-hydrogen) atoms. The van der Waals surface area contributed by atoms with Crippen LogP contribution < -0.4 is 4.74 Å². The molecule has 0 unspecified atom stereocenters. The Morgan fingerprint density at radius 3 is 2.03 bits per heavy atom. The average Bonchev–Trinajstić information content (AvgIpc) is 3.57. The summed E-state index contributed by atoms with van der Waals surface area (Å²) < 4.78 is 47.1. The fourth-order valence-electron chi connectivity index (χ4n) is 3.75. The molecule has 0 radical (unpaired) electrons. The molecule has 1 fully saturated rings. The molecule has 0 spiro atoms. The van der Waals surface area contributed by atoms with E-state index >= 15 is 0 Å². The number of hydrogen-bond acceptors (Lipinski definition) is 7. The van der Waals surface area contributed by atoms with Crippen molar-refractivity contribution in [2.24, 2.45) is 10.2 Å². The topological polar surface area (TPSA) is 97.6 Å². The van der Waals surface area contributed by atoms with Gasteiger partial charge in [-0.15, -0.1) is 15.3 Å². The number of rotatable bonds is 14. The van der Waals surface area contributed by atoms with Crippen LogP contribution in [0.3, 0.4) is 0 Å². The van der Waals surface area contributed by atoms with Crippen molar-refractivity contribution in [3.63, 3.8) is 0 Å². The number of carbonyl (C=O) groups excluding carboxylic acids is 3. The minimum Gasteiger partial charge on any atom is -0.492 e. The van der Waals surface area contributed by atoms with E-state index < -0.39 is 29.6 Å². The molecule has 1 saturated heterocycles. The van der Waals surface area contributed by atoms with Gasteiger partial charge in [0.05, 0.1) is 10.2 Å². The second kappa shape index (κ2) is 12.8. The first-order chi connectivity index (χ1) is 17.0. The zero-order chi connectivity index (χ0) is 26.3. The second-order valence-corrected chi connectivity index (χ2v) is 10.9. The maximum Gasteiger partial charge on any atom is 0.442 e. The van der Waals surface area contributed by atoms with Crippen LogP contribution in [0.15, 0.2) is 22.4 Å². The lowest BCUT2D eigenvalue weighted by molar-refractivity contribution is -0.197. The number of carbonyl (C=O) groups is 3. The molecule has 0 atom stereocenters. The van der Waals surface area contributed by atoms with Crippen LogP contribution in [0.5, 0.6) is 5.75 Å². The Balaban J connectivity index is 1.24. The Kier molecular flexibility index (Phi) is 10.3. The molecule has 1 aromatic carbocycles. The van der Waals surface area contributed by atoms with Gasteiger partial charge in [-0.2, -0.15) is 13.2 Å². The molecule has 0 saturated carbocycles. The van der Waals surface area contributed by atoms with Gasteiger partial charge in [-0.25, -0.2) is 4.79 Å². The van der Waals surface area contributed by atoms with E-state index in [0.29, 0.717) is 27.4 Å². The maximum atomic E-state index is 13.4. The van der Waals surface area contributed by atoms with Crippen LogP contribution in [0.1, 0.15) is 76.2 Å². The summed E-state index contributed by atoms with van der Waals surface area (Å²) in [5.74, 6) is -1.11. The predicted octanol–water partition coefficient (Wildman–Crippen LogP) is 6.57. The third kappa shape index (κ3) is 7.51. The molecule has 2 amide bonds. The van der Waals surface area contributed by atoms with Crippen molar-refractivity contribution in [1.82, 2.24) is 5.06 Å². The van der Waals surface area contributed by atoms with Gasteiger partial charge < -0.3 is 9.57 Å². The standard InChI is InChI=1S/C23H26F3I2N3O5/c24-23(25,26)22(29-30-22)15-13-18(17(28)14-16(15)27)35-12-8-6-4-2-1-3-5-7-9-21(34)36-31-19(32)10-11-20(31)33/h13-14H,1-12H2. The highest BCUT2D eigenvalue weighted by Crippen LogP contribution is 2.54. The first kappa shape index (κ1) is 29.0. The molecule has 1 aromatic rings. The van der Waals surface area contributed by atoms with E-state index in [1.807, 2.05) is 45.2 Å². The normalized spacial score (nSPS) is 16.5. The molecule has 13 heteroatoms. The van der Waals surface area contributed by atoms with Crippen LogP contribution in [-0.4, -0.2) is 35.6 Å². The van der Waals surface area contributed by atoms with E-state index in [4.69, 9.17) is 9.57 Å². The molecule has 3 rings (SSSR count). The van der Waals surface area contributed by atoms with Crippen molar-refractivity contribution in [1.29, 1.82) is 0 Å². The molecule has 2 aliphatic heterocycles. The number of hydroxylamine groups is 2. The fraction of sp³-hybridized carbons (Fsp3) is 0.609. The third-order valence-electron chi connectivity index (χ3n) is 5.82. The molecule has 0 aromatic heterocycles. The number of imide groups is 1. The molecule has 0 bridgehead atoms. The third-order valence-corrected chi connectivity index (χ3v) is 7.56. The number of unbranched alkanes of at least 4 members (excludes halogenated alkanes) is 7. The summed E-state index contributed by atoms with van der Waals surface area (Å²) >= 11 is 3.91. The SMILES string of the molecule is O=C(CCCCCCCCCCOc1cc(C2(C(F)(F)F)N=N2)c(I)cc1I)ON1C(=O)CCC1=O. The van der Waals surface area contributed by atoms with Gasteiger partial charge in [-0.05, 0) is 70.2 Å². The van der Waals surface area contributed by atoms with Gasteiger partial charge >= 0.3 is 17.8 Å². The highest BCUT2D eigenvalue weighted by atomic mass is 127. The quantitative estimate of drug-likeness (QED) is 0.122. The summed E-state index contributed by atoms with van der Waals surface area (Å²) in [6, 6.07) is 3.04. The number of amides is 2. The maximum absolute atomic E-state index is 13.4. The van der Waals surface area contributed by atoms with E-state index in [9.17, 15) is 27.6 Å². The summed E-state index contributed by atoms with van der Waals surface area (Å²) in [5.41, 5.74) is -2.46. The smallest absolute Gasteiger partial charge is 0.442 e. The van der Waals surface area contributed by atoms with Crippen molar-refractivity contribution in [2.45, 2.75) is 82.5 Å². The Morgan fingerprint density at radius 2 is 1.47 bits per heavy atom. The number of ether oxygens (including phenoxy) is 1. The van der Waals surface area contributed by atoms with Crippen LogP contribution in [0.25, 0.3) is 0 Å². The van der Waals surface area contributed by atoms with Crippen molar-refractivity contribution in [3.8, 4) is 5.75 Å². The summed E-state index contributed by atoms with van der Waals surface area (Å²) in [7, 11) is 0. The van der Waals surface area contributed by atoms with Crippen molar-refractivity contribution >= 4 is 63.0 Å². The summed E-state index contributed by atoms with van der Waals surface area (Å²) in [5, 5.41) is 7.14. The first-order valence-electron chi connectivity index (χ1n) is 11.7. The van der Waals surface area contributed by atoms with Crippen LogP contribution >= 0.6 is 45.2 Å². The highest BCUT2D eigenvalue weighted by Gasteiger charge is 2.66. The van der Waals surface area contributed by atoms with E-state index in [0.717, 1.165) is 48.5 Å². The fourth-order valence-corrected chi connectivity index (χ4v) is 5.81. The van der Waals surface area contributed by atoms with E-state index in [1.54, 1.807) is 6.07 Å². The van der Waals surface area contributed by atoms with Gasteiger partial charge in [0.2, 0.25) is 0 Å². The zero-order valence-electron chi connectivity index (χ0n) is 19.4. The molecule has 0 N–H and O–H groups in total. The van der Waals surface area contributed by atoms with Gasteiger partial charge in [-0.1, -0.05) is 38.5 Å². The van der Waals surface area contributed by atoms with Gasteiger partial charge in [0.25, 0.3) is 11.8 Å². The Morgan fingerprint density at radius 1 is 0.917 bits per heavy atom. The van der Waals surface area contributed by atoms with Crippen LogP contribution in [-0.2, 0) is 24.9 Å². The monoisotopic (exact) mass is 735 g/mol. The number of halogens is 5. The Bertz CT molecular complexity index is 997. The second-order valence-electron chi connectivity index (χ2n) is 8.60. The van der Waals surface area contributed by atoms with Gasteiger partial charge in [-0.3, -0.25) is 9.59 Å². The Hall–Kier alpha value is -1.52. The van der Waals surface area contributed by atoms with Crippen molar-refractivity contribution in [2.75, 3.05) is 6.61 Å². The number of hydrogen-bond donors (Lipinski definition) is 0. The van der Waals surface area contributed by atoms with Gasteiger partial charge in [0, 0.05) is 28.4 Å². The van der Waals surface area contributed by atoms with E-state index in [-0.39, 0.29) is 24.8 Å². The minimum atomic E-state index is -4.57. The molecule has 2 heterocycles. The van der Waals surface area contributed by atoms with Crippen LogP contribution in [0.2, 0.25) is 0 Å². The lowest BCUT2D eigenvalue weighted by Crippen LogP contribution is -2.31. The van der Waals surface area contributed by atoms with Gasteiger partial charge in [0.15, 0.2) is 0 Å². The zero-order valence-corrected chi connectivity index (χ0v) is 23.7. The number of nitrogens with zero attached hydrogens (tertiary/aromatic N) is 3. The lowest BCUT2D eigenvalue weighted by Gasteiger charge is -2.18. The average molecular weight is 735 g/mol. The predicted molar refractivity (Wildman–Crippen MR) is 139 cm³/mol. The molecular weight excluding hydrogens is 709 g/mol. The Labute approximate surface area is 234 Å². The summed E-state index contributed by atoms with van der Waals surface area (Å²) in [6.07, 6.45) is 3.00. The summed E-state index contributed by atoms with van der Waals surface area (Å²) in [4.78, 5) is 39.4. The van der Waals surface area contributed by atoms with Crippen molar-refractivity contribution < 1.29 is 37.1 Å². The molecular formula is C23H26F3I2N3O5.